The van der Waals surface area contributed by atoms with Crippen molar-refractivity contribution in [2.75, 3.05) is 14.2 Å². The van der Waals surface area contributed by atoms with E-state index in [9.17, 15) is 0 Å². The number of ether oxygens (including phenoxy) is 2. The summed E-state index contributed by atoms with van der Waals surface area (Å²) in [6.45, 7) is 0. The van der Waals surface area contributed by atoms with Gasteiger partial charge in [0, 0.05) is 22.7 Å². The quantitative estimate of drug-likeness (QED) is 0.697. The van der Waals surface area contributed by atoms with E-state index in [1.54, 1.807) is 14.2 Å². The molecule has 0 aliphatic carbocycles. The molecule has 0 fully saturated rings. The van der Waals surface area contributed by atoms with Gasteiger partial charge in [-0.1, -0.05) is 15.9 Å². The van der Waals surface area contributed by atoms with Crippen molar-refractivity contribution in [2.24, 2.45) is 0 Å². The van der Waals surface area contributed by atoms with Crippen LogP contribution in [0.15, 0.2) is 40.9 Å². The van der Waals surface area contributed by atoms with Crippen LogP contribution < -0.4 is 9.47 Å². The molecule has 0 aliphatic rings. The molecule has 1 N–H and O–H groups in total. The summed E-state index contributed by atoms with van der Waals surface area (Å²) in [5.41, 5.74) is 2.86. The molecule has 3 aromatic rings. The fourth-order valence-corrected chi connectivity index (χ4v) is 2.92. The molecule has 0 atom stereocenters. The Morgan fingerprint density at radius 1 is 1.05 bits per heavy atom. The molecule has 0 bridgehead atoms. The second-order valence-corrected chi connectivity index (χ2v) is 5.80. The molecule has 2 aromatic carbocycles. The highest BCUT2D eigenvalue weighted by molar-refractivity contribution is 9.10. The monoisotopic (exact) mass is 364 g/mol. The van der Waals surface area contributed by atoms with E-state index in [1.165, 1.54) is 0 Å². The lowest BCUT2D eigenvalue weighted by Crippen LogP contribution is -1.96. The van der Waals surface area contributed by atoms with Crippen molar-refractivity contribution in [3.63, 3.8) is 0 Å². The van der Waals surface area contributed by atoms with Gasteiger partial charge in [0.1, 0.15) is 11.5 Å². The Morgan fingerprint density at radius 2 is 1.71 bits per heavy atom. The van der Waals surface area contributed by atoms with Gasteiger partial charge in [-0.05, 0) is 30.4 Å². The first kappa shape index (κ1) is 14.2. The van der Waals surface area contributed by atoms with Crippen molar-refractivity contribution < 1.29 is 9.47 Å². The van der Waals surface area contributed by atoms with Crippen LogP contribution in [-0.2, 0) is 0 Å². The molecule has 3 rings (SSSR count). The summed E-state index contributed by atoms with van der Waals surface area (Å²) in [5, 5.41) is 0. The molecule has 0 saturated heterocycles. The molecule has 21 heavy (non-hydrogen) atoms. The Kier molecular flexibility index (Phi) is 3.73. The van der Waals surface area contributed by atoms with E-state index in [1.807, 2.05) is 41.0 Å². The number of aromatic nitrogens is 2. The number of fused-ring (bicyclic) bond motifs is 1. The fraction of sp³-hybridized carbons (Fsp3) is 0.133. The highest BCUT2D eigenvalue weighted by atomic mass is 79.9. The van der Waals surface area contributed by atoms with Crippen molar-refractivity contribution in [3.05, 3.63) is 45.6 Å². The molecule has 0 amide bonds. The van der Waals surface area contributed by atoms with Crippen molar-refractivity contribution in [1.82, 2.24) is 9.55 Å². The van der Waals surface area contributed by atoms with Crippen LogP contribution in [0.5, 0.6) is 11.5 Å². The Hall–Kier alpha value is -1.79. The van der Waals surface area contributed by atoms with Crippen LogP contribution in [0.2, 0.25) is 0 Å². The molecule has 0 radical (unpaired) electrons. The van der Waals surface area contributed by atoms with Crippen molar-refractivity contribution in [2.45, 2.75) is 0 Å². The molecule has 4 nitrogen and oxygen atoms in total. The van der Waals surface area contributed by atoms with Crippen LogP contribution in [0.4, 0.5) is 0 Å². The number of imidazole rings is 1. The van der Waals surface area contributed by atoms with Gasteiger partial charge in [0.2, 0.25) is 0 Å². The van der Waals surface area contributed by atoms with Gasteiger partial charge in [-0.25, -0.2) is 0 Å². The lowest BCUT2D eigenvalue weighted by Gasteiger charge is -2.10. The number of methoxy groups -OCH3 is 2. The number of rotatable bonds is 3. The van der Waals surface area contributed by atoms with Crippen LogP contribution >= 0.6 is 28.1 Å². The largest absolute Gasteiger partial charge is 0.497 e. The normalized spacial score (nSPS) is 10.8. The zero-order valence-corrected chi connectivity index (χ0v) is 13.9. The Labute approximate surface area is 135 Å². The van der Waals surface area contributed by atoms with E-state index in [4.69, 9.17) is 21.7 Å². The number of benzene rings is 2. The summed E-state index contributed by atoms with van der Waals surface area (Å²) in [6.07, 6.45) is 0. The average molecular weight is 365 g/mol. The summed E-state index contributed by atoms with van der Waals surface area (Å²) in [7, 11) is 3.26. The smallest absolute Gasteiger partial charge is 0.182 e. The van der Waals surface area contributed by atoms with Crippen LogP contribution in [0.3, 0.4) is 0 Å². The first-order chi connectivity index (χ1) is 10.1. The zero-order valence-electron chi connectivity index (χ0n) is 11.5. The second kappa shape index (κ2) is 5.54. The number of hydrogen-bond acceptors (Lipinski definition) is 3. The van der Waals surface area contributed by atoms with E-state index in [2.05, 4.69) is 20.9 Å². The Bertz CT molecular complexity index is 847. The number of H-pyrrole nitrogens is 1. The first-order valence-corrected chi connectivity index (χ1v) is 7.46. The number of halogens is 1. The summed E-state index contributed by atoms with van der Waals surface area (Å²) < 4.78 is 14.2. The minimum Gasteiger partial charge on any atom is -0.497 e. The third kappa shape index (κ3) is 2.56. The minimum atomic E-state index is 0.624. The van der Waals surface area contributed by atoms with Gasteiger partial charge >= 0.3 is 0 Å². The van der Waals surface area contributed by atoms with Crippen LogP contribution in [0.25, 0.3) is 16.7 Å². The van der Waals surface area contributed by atoms with Crippen molar-refractivity contribution >= 4 is 39.2 Å². The molecule has 108 valence electrons. The number of aromatic amines is 1. The molecule has 0 spiro atoms. The van der Waals surface area contributed by atoms with Gasteiger partial charge in [0.05, 0.1) is 30.9 Å². The van der Waals surface area contributed by atoms with Crippen molar-refractivity contribution in [3.8, 4) is 17.2 Å². The maximum absolute atomic E-state index is 5.45. The maximum Gasteiger partial charge on any atom is 0.182 e. The van der Waals surface area contributed by atoms with E-state index >= 15 is 0 Å². The van der Waals surface area contributed by atoms with Gasteiger partial charge in [-0.15, -0.1) is 0 Å². The molecule has 0 unspecified atom stereocenters. The minimum absolute atomic E-state index is 0.624. The van der Waals surface area contributed by atoms with Crippen LogP contribution in [0.1, 0.15) is 0 Å². The highest BCUT2D eigenvalue weighted by Crippen LogP contribution is 2.29. The molecule has 1 heterocycles. The number of hydrogen-bond donors (Lipinski definition) is 1. The molecular formula is C15H13BrN2O2S. The first-order valence-electron chi connectivity index (χ1n) is 6.26. The fourth-order valence-electron chi connectivity index (χ4n) is 2.25. The summed E-state index contributed by atoms with van der Waals surface area (Å²) in [5.74, 6) is 1.44. The highest BCUT2D eigenvalue weighted by Gasteiger charge is 2.10. The van der Waals surface area contributed by atoms with E-state index < -0.39 is 0 Å². The lowest BCUT2D eigenvalue weighted by atomic mass is 10.2. The molecule has 0 saturated carbocycles. The SMILES string of the molecule is COc1cc(OC)cc(-n2c(=S)[nH]c3ccc(Br)cc32)c1. The van der Waals surface area contributed by atoms with Gasteiger partial charge in [-0.3, -0.25) is 4.57 Å². The van der Waals surface area contributed by atoms with Crippen LogP contribution in [-0.4, -0.2) is 23.8 Å². The average Bonchev–Trinajstić information content (AvgIpc) is 2.81. The predicted molar refractivity (Wildman–Crippen MR) is 89.3 cm³/mol. The van der Waals surface area contributed by atoms with E-state index in [-0.39, 0.29) is 0 Å². The maximum atomic E-state index is 5.45. The third-order valence-electron chi connectivity index (χ3n) is 3.24. The summed E-state index contributed by atoms with van der Waals surface area (Å²) in [4.78, 5) is 3.20. The van der Waals surface area contributed by atoms with E-state index in [0.29, 0.717) is 4.77 Å². The molecule has 6 heteroatoms. The number of nitrogens with zero attached hydrogens (tertiary/aromatic N) is 1. The predicted octanol–water partition coefficient (Wildman–Crippen LogP) is 4.47. The van der Waals surface area contributed by atoms with Gasteiger partial charge < -0.3 is 14.5 Å². The van der Waals surface area contributed by atoms with E-state index in [0.717, 1.165) is 32.7 Å². The van der Waals surface area contributed by atoms with Gasteiger partial charge in [-0.2, -0.15) is 0 Å². The van der Waals surface area contributed by atoms with Gasteiger partial charge in [0.15, 0.2) is 4.77 Å². The zero-order chi connectivity index (χ0) is 15.0. The van der Waals surface area contributed by atoms with Crippen molar-refractivity contribution in [1.29, 1.82) is 0 Å². The Balaban J connectivity index is 2.31. The topological polar surface area (TPSA) is 39.2 Å². The molecule has 0 aliphatic heterocycles. The Morgan fingerprint density at radius 3 is 2.33 bits per heavy atom. The lowest BCUT2D eigenvalue weighted by molar-refractivity contribution is 0.394. The molecular weight excluding hydrogens is 352 g/mol. The number of nitrogens with one attached hydrogen (secondary N) is 1. The standard InChI is InChI=1S/C15H13BrN2O2S/c1-19-11-6-10(7-12(8-11)20-2)18-14-5-9(16)3-4-13(14)17-15(18)21/h3-8H,1-2H3,(H,17,21). The summed E-state index contributed by atoms with van der Waals surface area (Å²) >= 11 is 8.94. The third-order valence-corrected chi connectivity index (χ3v) is 4.02. The second-order valence-electron chi connectivity index (χ2n) is 4.50. The van der Waals surface area contributed by atoms with Gasteiger partial charge in [0.25, 0.3) is 0 Å². The molecule has 1 aromatic heterocycles. The van der Waals surface area contributed by atoms with Crippen LogP contribution in [0, 0.1) is 4.77 Å². The summed E-state index contributed by atoms with van der Waals surface area (Å²) in [6, 6.07) is 11.7.